The van der Waals surface area contributed by atoms with Gasteiger partial charge in [-0.25, -0.2) is 9.97 Å². The Morgan fingerprint density at radius 3 is 2.58 bits per heavy atom. The van der Waals surface area contributed by atoms with E-state index in [0.717, 1.165) is 19.3 Å². The van der Waals surface area contributed by atoms with Gasteiger partial charge in [0.25, 0.3) is 0 Å². The van der Waals surface area contributed by atoms with Gasteiger partial charge < -0.3 is 25.4 Å². The number of fused-ring (bicyclic) bond motifs is 1. The van der Waals surface area contributed by atoms with Crippen molar-refractivity contribution >= 4 is 23.3 Å². The quantitative estimate of drug-likeness (QED) is 0.505. The molecule has 1 aliphatic heterocycles. The molecule has 2 aromatic rings. The van der Waals surface area contributed by atoms with E-state index in [1.165, 1.54) is 6.33 Å². The van der Waals surface area contributed by atoms with Crippen LogP contribution in [0.1, 0.15) is 79.3 Å². The number of ketones is 1. The molecule has 0 spiro atoms. The highest BCUT2D eigenvalue weighted by molar-refractivity contribution is 5.87. The van der Waals surface area contributed by atoms with Crippen molar-refractivity contribution in [3.05, 3.63) is 18.1 Å². The highest BCUT2D eigenvalue weighted by Crippen LogP contribution is 2.35. The number of amides is 1. The number of carbonyl (C=O) groups excluding carboxylic acids is 2. The molecule has 3 heterocycles. The van der Waals surface area contributed by atoms with Crippen molar-refractivity contribution in [3.8, 4) is 0 Å². The number of aliphatic hydroxyl groups excluding tert-OH is 1. The van der Waals surface area contributed by atoms with E-state index in [0.29, 0.717) is 42.7 Å². The number of nitrogens with zero attached hydrogens (tertiary/aromatic N) is 5. The van der Waals surface area contributed by atoms with Crippen LogP contribution in [0.2, 0.25) is 0 Å². The van der Waals surface area contributed by atoms with Crippen molar-refractivity contribution in [2.24, 2.45) is 5.92 Å². The summed E-state index contributed by atoms with van der Waals surface area (Å²) in [6.07, 6.45) is 5.39. The molecule has 1 saturated carbocycles. The highest BCUT2D eigenvalue weighted by Gasteiger charge is 2.42. The maximum atomic E-state index is 13.6. The number of aliphatic hydroxyl groups is 1. The van der Waals surface area contributed by atoms with Gasteiger partial charge in [0.15, 0.2) is 5.65 Å². The van der Waals surface area contributed by atoms with E-state index in [2.05, 4.69) is 46.5 Å². The number of Topliss-reactive ketones (excluding diaryl/α,β-unsaturated/α-hetero) is 1. The Hall–Kier alpha value is -2.59. The second-order valence-electron chi connectivity index (χ2n) is 12.2. The number of nitrogens with one attached hydrogen (secondary N) is 2. The van der Waals surface area contributed by atoms with Gasteiger partial charge in [0.2, 0.25) is 11.9 Å². The van der Waals surface area contributed by atoms with Crippen LogP contribution in [0, 0.1) is 5.92 Å². The maximum Gasteiger partial charge on any atom is 0.245 e. The Labute approximate surface area is 213 Å². The van der Waals surface area contributed by atoms with Crippen LogP contribution in [-0.2, 0) is 15.0 Å². The number of carbonyl (C=O) groups is 2. The molecule has 0 radical (unpaired) electrons. The van der Waals surface area contributed by atoms with Crippen LogP contribution in [-0.4, -0.2) is 78.1 Å². The maximum absolute atomic E-state index is 13.6. The van der Waals surface area contributed by atoms with E-state index in [-0.39, 0.29) is 35.8 Å². The molecule has 0 unspecified atom stereocenters. The van der Waals surface area contributed by atoms with Gasteiger partial charge in [0.05, 0.1) is 12.3 Å². The summed E-state index contributed by atoms with van der Waals surface area (Å²) in [5.74, 6) is 0.828. The predicted octanol–water partition coefficient (Wildman–Crippen LogP) is 2.31. The van der Waals surface area contributed by atoms with E-state index in [9.17, 15) is 14.7 Å². The molecule has 10 heteroatoms. The van der Waals surface area contributed by atoms with Crippen molar-refractivity contribution in [1.82, 2.24) is 29.8 Å². The minimum absolute atomic E-state index is 0.0123. The normalized spacial score (nSPS) is 25.5. The Balaban J connectivity index is 1.49. The first-order chi connectivity index (χ1) is 16.9. The molecule has 1 saturated heterocycles. The fraction of sp³-hybridized carbons (Fsp3) is 0.731. The molecule has 2 aliphatic rings. The Morgan fingerprint density at radius 2 is 1.92 bits per heavy atom. The Kier molecular flexibility index (Phi) is 7.39. The molecule has 0 bridgehead atoms. The van der Waals surface area contributed by atoms with E-state index in [1.54, 1.807) is 11.4 Å². The van der Waals surface area contributed by atoms with Gasteiger partial charge in [-0.15, -0.1) is 0 Å². The van der Waals surface area contributed by atoms with Gasteiger partial charge in [-0.3, -0.25) is 4.79 Å². The number of aromatic nitrogens is 4. The predicted molar refractivity (Wildman–Crippen MR) is 138 cm³/mol. The standard InChI is InChI=1S/C26H41N7O3/c1-16(35)11-17-12-18(30-25(2,3)4)7-8-20(17)32-10-9-19(23(32)36)29-24-28-15-27-22-13-21(31-33(22)24)26(5,6)14-34/h13,15,17-20,30,34H,7-12,14H2,1-6H3,(H,27,28,29)/t17-,18-,19+,20+/m1/s1. The zero-order valence-corrected chi connectivity index (χ0v) is 22.4. The first kappa shape index (κ1) is 26.5. The monoisotopic (exact) mass is 499 g/mol. The van der Waals surface area contributed by atoms with Crippen LogP contribution in [0.4, 0.5) is 5.95 Å². The largest absolute Gasteiger partial charge is 0.395 e. The lowest BCUT2D eigenvalue weighted by molar-refractivity contribution is -0.133. The van der Waals surface area contributed by atoms with Crippen LogP contribution in [0.25, 0.3) is 5.65 Å². The summed E-state index contributed by atoms with van der Waals surface area (Å²) >= 11 is 0. The van der Waals surface area contributed by atoms with Crippen LogP contribution >= 0.6 is 0 Å². The van der Waals surface area contributed by atoms with Crippen molar-refractivity contribution in [1.29, 1.82) is 0 Å². The lowest BCUT2D eigenvalue weighted by Crippen LogP contribution is -2.53. The average Bonchev–Trinajstić information content (AvgIpc) is 3.38. The van der Waals surface area contributed by atoms with Crippen molar-refractivity contribution in [3.63, 3.8) is 0 Å². The average molecular weight is 500 g/mol. The Bertz CT molecular complexity index is 1110. The third kappa shape index (κ3) is 5.70. The lowest BCUT2D eigenvalue weighted by Gasteiger charge is -2.43. The third-order valence-electron chi connectivity index (χ3n) is 7.42. The molecule has 2 fully saturated rings. The summed E-state index contributed by atoms with van der Waals surface area (Å²) in [4.78, 5) is 36.3. The molecule has 198 valence electrons. The number of anilines is 1. The summed E-state index contributed by atoms with van der Waals surface area (Å²) in [6.45, 7) is 12.6. The first-order valence-electron chi connectivity index (χ1n) is 13.0. The highest BCUT2D eigenvalue weighted by atomic mass is 16.3. The number of rotatable bonds is 8. The zero-order valence-electron chi connectivity index (χ0n) is 22.4. The van der Waals surface area contributed by atoms with E-state index in [1.807, 2.05) is 24.8 Å². The second-order valence-corrected chi connectivity index (χ2v) is 12.2. The van der Waals surface area contributed by atoms with Crippen LogP contribution in [0.15, 0.2) is 12.4 Å². The fourth-order valence-corrected chi connectivity index (χ4v) is 5.64. The van der Waals surface area contributed by atoms with E-state index < -0.39 is 11.5 Å². The van der Waals surface area contributed by atoms with Gasteiger partial charge in [-0.1, -0.05) is 13.8 Å². The summed E-state index contributed by atoms with van der Waals surface area (Å²) < 4.78 is 1.60. The van der Waals surface area contributed by atoms with Crippen molar-refractivity contribution in [2.45, 2.75) is 103 Å². The summed E-state index contributed by atoms with van der Waals surface area (Å²) in [7, 11) is 0. The van der Waals surface area contributed by atoms with Crippen LogP contribution in [0.3, 0.4) is 0 Å². The topological polar surface area (TPSA) is 125 Å². The summed E-state index contributed by atoms with van der Waals surface area (Å²) in [5.41, 5.74) is 0.814. The molecule has 4 atom stereocenters. The number of hydrogen-bond acceptors (Lipinski definition) is 8. The molecule has 2 aromatic heterocycles. The number of likely N-dealkylation sites (tertiary alicyclic amines) is 1. The number of hydrogen-bond donors (Lipinski definition) is 3. The van der Waals surface area contributed by atoms with E-state index in [4.69, 9.17) is 0 Å². The minimum atomic E-state index is -0.517. The molecular weight excluding hydrogens is 458 g/mol. The first-order valence-corrected chi connectivity index (χ1v) is 13.0. The van der Waals surface area contributed by atoms with Gasteiger partial charge >= 0.3 is 0 Å². The smallest absolute Gasteiger partial charge is 0.245 e. The summed E-state index contributed by atoms with van der Waals surface area (Å²) in [6, 6.07) is 1.84. The fourth-order valence-electron chi connectivity index (χ4n) is 5.64. The zero-order chi connectivity index (χ0) is 26.3. The van der Waals surface area contributed by atoms with Crippen LogP contribution < -0.4 is 10.6 Å². The molecular formula is C26H41N7O3. The van der Waals surface area contributed by atoms with Crippen molar-refractivity contribution in [2.75, 3.05) is 18.5 Å². The van der Waals surface area contributed by atoms with Crippen LogP contribution in [0.5, 0.6) is 0 Å². The van der Waals surface area contributed by atoms with E-state index >= 15 is 0 Å². The van der Waals surface area contributed by atoms with Crippen molar-refractivity contribution < 1.29 is 14.7 Å². The second kappa shape index (κ2) is 10.0. The molecule has 4 rings (SSSR count). The summed E-state index contributed by atoms with van der Waals surface area (Å²) in [5, 5.41) is 21.3. The molecule has 0 aromatic carbocycles. The molecule has 10 nitrogen and oxygen atoms in total. The lowest BCUT2D eigenvalue weighted by atomic mass is 9.77. The molecule has 36 heavy (non-hydrogen) atoms. The van der Waals surface area contributed by atoms with Gasteiger partial charge in [-0.05, 0) is 59.3 Å². The van der Waals surface area contributed by atoms with Gasteiger partial charge in [-0.2, -0.15) is 9.61 Å². The minimum Gasteiger partial charge on any atom is -0.395 e. The van der Waals surface area contributed by atoms with Gasteiger partial charge in [0, 0.05) is 42.1 Å². The molecule has 1 aliphatic carbocycles. The third-order valence-corrected chi connectivity index (χ3v) is 7.42. The molecule has 3 N–H and O–H groups in total. The molecule has 1 amide bonds. The Morgan fingerprint density at radius 1 is 1.17 bits per heavy atom. The van der Waals surface area contributed by atoms with Gasteiger partial charge in [0.1, 0.15) is 18.2 Å². The SMILES string of the molecule is CC(=O)C[C@@H]1C[C@H](NC(C)(C)C)CC[C@@H]1N1CC[C@H](Nc2ncnc3cc(C(C)(C)CO)nn23)C1=O.